The maximum atomic E-state index is 13.0. The van der Waals surface area contributed by atoms with E-state index in [1.165, 1.54) is 0 Å². The van der Waals surface area contributed by atoms with Crippen LogP contribution in [0.25, 0.3) is 17.0 Å². The lowest BCUT2D eigenvalue weighted by Crippen LogP contribution is -2.36. The van der Waals surface area contributed by atoms with Gasteiger partial charge in [0.2, 0.25) is 5.91 Å². The average Bonchev–Trinajstić information content (AvgIpc) is 3.33. The van der Waals surface area contributed by atoms with Gasteiger partial charge in [0, 0.05) is 34.4 Å². The number of hydrogen-bond acceptors (Lipinski definition) is 5. The molecular weight excluding hydrogens is 450 g/mol. The first-order chi connectivity index (χ1) is 16.4. The van der Waals surface area contributed by atoms with Gasteiger partial charge in [0.15, 0.2) is 0 Å². The van der Waals surface area contributed by atoms with Crippen LogP contribution in [-0.4, -0.2) is 39.7 Å². The summed E-state index contributed by atoms with van der Waals surface area (Å²) in [5, 5.41) is 3.28. The van der Waals surface area contributed by atoms with Crippen molar-refractivity contribution in [3.05, 3.63) is 65.2 Å². The van der Waals surface area contributed by atoms with Gasteiger partial charge < -0.3 is 14.6 Å². The Bertz CT molecular complexity index is 1260. The Hall–Kier alpha value is -3.52. The quantitative estimate of drug-likeness (QED) is 0.422. The van der Waals surface area contributed by atoms with Crippen LogP contribution in [0.2, 0.25) is 0 Å². The first-order valence-electron chi connectivity index (χ1n) is 11.3. The summed E-state index contributed by atoms with van der Waals surface area (Å²) in [4.78, 5) is 39.3. The molecule has 1 aromatic heterocycles. The fourth-order valence-electron chi connectivity index (χ4n) is 3.83. The number of hydrogen-bond donors (Lipinski definition) is 1. The van der Waals surface area contributed by atoms with Crippen molar-refractivity contribution in [1.82, 2.24) is 9.47 Å². The minimum Gasteiger partial charge on any atom is -0.494 e. The standard InChI is InChI=1S/C26H27N3O4S/c1-4-17(3)28-15-18(21-8-6-7-9-22(21)28)14-23-25(31)29(26(32)34-23)16-24(30)27-19-10-12-20(13-11-19)33-5-2/h6-15,17H,4-5,16H2,1-3H3,(H,27,30)/b23-14+/t17-/m0/s1. The van der Waals surface area contributed by atoms with Crippen molar-refractivity contribution in [2.75, 3.05) is 18.5 Å². The molecule has 0 bridgehead atoms. The molecule has 0 aliphatic carbocycles. The molecule has 2 aromatic carbocycles. The predicted molar refractivity (Wildman–Crippen MR) is 136 cm³/mol. The lowest BCUT2D eigenvalue weighted by molar-refractivity contribution is -0.127. The number of rotatable bonds is 8. The normalized spacial score (nSPS) is 15.9. The third-order valence-corrected chi connectivity index (χ3v) is 6.66. The third kappa shape index (κ3) is 4.87. The van der Waals surface area contributed by atoms with Crippen LogP contribution in [0.4, 0.5) is 10.5 Å². The van der Waals surface area contributed by atoms with E-state index in [1.54, 1.807) is 30.3 Å². The van der Waals surface area contributed by atoms with Gasteiger partial charge in [-0.1, -0.05) is 25.1 Å². The van der Waals surface area contributed by atoms with Gasteiger partial charge in [-0.25, -0.2) is 0 Å². The van der Waals surface area contributed by atoms with Crippen LogP contribution < -0.4 is 10.1 Å². The van der Waals surface area contributed by atoms with E-state index in [-0.39, 0.29) is 6.54 Å². The molecule has 0 unspecified atom stereocenters. The summed E-state index contributed by atoms with van der Waals surface area (Å²) < 4.78 is 7.58. The number of imide groups is 1. The lowest BCUT2D eigenvalue weighted by Gasteiger charge is -2.12. The van der Waals surface area contributed by atoms with E-state index in [2.05, 4.69) is 29.8 Å². The first kappa shape index (κ1) is 23.6. The van der Waals surface area contributed by atoms with Crippen LogP contribution in [-0.2, 0) is 9.59 Å². The summed E-state index contributed by atoms with van der Waals surface area (Å²) in [6.45, 7) is 6.38. The number of para-hydroxylation sites is 1. The zero-order valence-corrected chi connectivity index (χ0v) is 20.2. The van der Waals surface area contributed by atoms with Gasteiger partial charge in [-0.3, -0.25) is 19.3 Å². The van der Waals surface area contributed by atoms with E-state index in [0.29, 0.717) is 29.0 Å². The van der Waals surface area contributed by atoms with Crippen molar-refractivity contribution in [1.29, 1.82) is 0 Å². The van der Waals surface area contributed by atoms with Crippen molar-refractivity contribution in [2.24, 2.45) is 0 Å². The summed E-state index contributed by atoms with van der Waals surface area (Å²) in [5.41, 5.74) is 2.52. The summed E-state index contributed by atoms with van der Waals surface area (Å²) in [6, 6.07) is 15.2. The number of ether oxygens (including phenoxy) is 1. The monoisotopic (exact) mass is 477 g/mol. The molecule has 176 valence electrons. The highest BCUT2D eigenvalue weighted by Crippen LogP contribution is 2.35. The van der Waals surface area contributed by atoms with Gasteiger partial charge in [-0.15, -0.1) is 0 Å². The molecule has 0 spiro atoms. The number of fused-ring (bicyclic) bond motifs is 1. The van der Waals surface area contributed by atoms with Crippen molar-refractivity contribution < 1.29 is 19.1 Å². The minimum absolute atomic E-state index is 0.299. The molecule has 1 N–H and O–H groups in total. The molecule has 8 heteroatoms. The Morgan fingerprint density at radius 3 is 2.56 bits per heavy atom. The SMILES string of the molecule is CCOc1ccc(NC(=O)CN2C(=O)S/C(=C/c3cn([C@@H](C)CC)c4ccccc34)C2=O)cc1. The number of anilines is 1. The van der Waals surface area contributed by atoms with Crippen molar-refractivity contribution >= 4 is 51.5 Å². The highest BCUT2D eigenvalue weighted by Gasteiger charge is 2.36. The number of thioether (sulfide) groups is 1. The highest BCUT2D eigenvalue weighted by atomic mass is 32.2. The Balaban J connectivity index is 1.50. The van der Waals surface area contributed by atoms with Gasteiger partial charge >= 0.3 is 0 Å². The van der Waals surface area contributed by atoms with E-state index in [9.17, 15) is 14.4 Å². The maximum absolute atomic E-state index is 13.0. The van der Waals surface area contributed by atoms with Gasteiger partial charge in [-0.05, 0) is 68.4 Å². The predicted octanol–water partition coefficient (Wildman–Crippen LogP) is 5.69. The average molecular weight is 478 g/mol. The van der Waals surface area contributed by atoms with Crippen LogP contribution in [0.15, 0.2) is 59.6 Å². The highest BCUT2D eigenvalue weighted by molar-refractivity contribution is 8.18. The van der Waals surface area contributed by atoms with E-state index < -0.39 is 17.1 Å². The lowest BCUT2D eigenvalue weighted by atomic mass is 10.1. The van der Waals surface area contributed by atoms with Crippen molar-refractivity contribution in [2.45, 2.75) is 33.2 Å². The molecule has 1 fully saturated rings. The third-order valence-electron chi connectivity index (χ3n) is 5.75. The van der Waals surface area contributed by atoms with Gasteiger partial charge in [0.25, 0.3) is 11.1 Å². The fraction of sp³-hybridized carbons (Fsp3) is 0.269. The molecule has 7 nitrogen and oxygen atoms in total. The number of nitrogens with one attached hydrogen (secondary N) is 1. The first-order valence-corrected chi connectivity index (χ1v) is 12.1. The van der Waals surface area contributed by atoms with Gasteiger partial charge in [0.05, 0.1) is 11.5 Å². The van der Waals surface area contributed by atoms with E-state index in [1.807, 2.05) is 31.3 Å². The van der Waals surface area contributed by atoms with Crippen LogP contribution in [0.5, 0.6) is 5.75 Å². The molecule has 2 heterocycles. The van der Waals surface area contributed by atoms with Crippen LogP contribution >= 0.6 is 11.8 Å². The van der Waals surface area contributed by atoms with E-state index in [4.69, 9.17) is 4.74 Å². The molecular formula is C26H27N3O4S. The Morgan fingerprint density at radius 2 is 1.85 bits per heavy atom. The van der Waals surface area contributed by atoms with Gasteiger partial charge in [0.1, 0.15) is 12.3 Å². The summed E-state index contributed by atoms with van der Waals surface area (Å²) >= 11 is 0.857. The smallest absolute Gasteiger partial charge is 0.294 e. The summed E-state index contributed by atoms with van der Waals surface area (Å²) in [6.07, 6.45) is 4.74. The number of benzene rings is 2. The van der Waals surface area contributed by atoms with Crippen molar-refractivity contribution in [3.8, 4) is 5.75 Å². The zero-order valence-electron chi connectivity index (χ0n) is 19.4. The molecule has 0 saturated carbocycles. The molecule has 1 aliphatic rings. The Labute approximate surface area is 202 Å². The Morgan fingerprint density at radius 1 is 1.12 bits per heavy atom. The second kappa shape index (κ2) is 10.2. The van der Waals surface area contributed by atoms with Crippen molar-refractivity contribution in [3.63, 3.8) is 0 Å². The summed E-state index contributed by atoms with van der Waals surface area (Å²) in [7, 11) is 0. The number of carbonyl (C=O) groups is 3. The minimum atomic E-state index is -0.461. The Kier molecular flexibility index (Phi) is 7.07. The second-order valence-corrected chi connectivity index (χ2v) is 9.03. The largest absolute Gasteiger partial charge is 0.494 e. The molecule has 3 amide bonds. The summed E-state index contributed by atoms with van der Waals surface area (Å²) in [5.74, 6) is -0.204. The van der Waals surface area contributed by atoms with E-state index >= 15 is 0 Å². The molecule has 1 aliphatic heterocycles. The maximum Gasteiger partial charge on any atom is 0.294 e. The van der Waals surface area contributed by atoms with E-state index in [0.717, 1.165) is 39.5 Å². The molecule has 3 aromatic rings. The molecule has 1 saturated heterocycles. The number of amides is 3. The number of nitrogens with zero attached hydrogens (tertiary/aromatic N) is 2. The fourth-order valence-corrected chi connectivity index (χ4v) is 4.66. The second-order valence-electron chi connectivity index (χ2n) is 8.04. The molecule has 4 rings (SSSR count). The van der Waals surface area contributed by atoms with Crippen LogP contribution in [0, 0.1) is 0 Å². The molecule has 1 atom stereocenters. The number of aromatic nitrogens is 1. The number of carbonyl (C=O) groups excluding carboxylic acids is 3. The zero-order chi connectivity index (χ0) is 24.2. The van der Waals surface area contributed by atoms with Crippen LogP contribution in [0.1, 0.15) is 38.8 Å². The molecule has 0 radical (unpaired) electrons. The topological polar surface area (TPSA) is 80.6 Å². The molecule has 34 heavy (non-hydrogen) atoms. The van der Waals surface area contributed by atoms with Crippen LogP contribution in [0.3, 0.4) is 0 Å². The van der Waals surface area contributed by atoms with Gasteiger partial charge in [-0.2, -0.15) is 0 Å².